The van der Waals surface area contributed by atoms with E-state index in [-0.39, 0.29) is 0 Å². The van der Waals surface area contributed by atoms with Crippen molar-refractivity contribution in [3.8, 4) is 0 Å². The van der Waals surface area contributed by atoms with E-state index in [0.717, 1.165) is 37.2 Å². The van der Waals surface area contributed by atoms with Crippen molar-refractivity contribution in [2.24, 2.45) is 5.92 Å². The van der Waals surface area contributed by atoms with Gasteiger partial charge in [0.05, 0.1) is 5.70 Å². The van der Waals surface area contributed by atoms with Crippen molar-refractivity contribution >= 4 is 0 Å². The van der Waals surface area contributed by atoms with E-state index in [1.165, 1.54) is 0 Å². The molecule has 2 aliphatic rings. The molecular formula is C12H17NO. The minimum absolute atomic E-state index is 0.423. The fraction of sp³-hybridized carbons (Fsp3) is 0.500. The number of allylic oxidation sites excluding steroid dienone is 3. The highest BCUT2D eigenvalue weighted by Gasteiger charge is 2.27. The third-order valence-electron chi connectivity index (χ3n) is 3.10. The summed E-state index contributed by atoms with van der Waals surface area (Å²) in [6.45, 7) is 7.25. The van der Waals surface area contributed by atoms with Crippen molar-refractivity contribution in [1.82, 2.24) is 4.90 Å². The van der Waals surface area contributed by atoms with Crippen LogP contribution in [0.3, 0.4) is 0 Å². The van der Waals surface area contributed by atoms with Gasteiger partial charge < -0.3 is 10.0 Å². The Hall–Kier alpha value is -1.18. The third kappa shape index (κ3) is 1.45. The summed E-state index contributed by atoms with van der Waals surface area (Å²) < 4.78 is 0. The van der Waals surface area contributed by atoms with E-state index in [9.17, 15) is 5.11 Å². The first-order valence-corrected chi connectivity index (χ1v) is 5.26. The summed E-state index contributed by atoms with van der Waals surface area (Å²) in [4.78, 5) is 2.15. The first kappa shape index (κ1) is 9.38. The average molecular weight is 191 g/mol. The number of hydrogen-bond acceptors (Lipinski definition) is 2. The molecule has 1 aliphatic carbocycles. The van der Waals surface area contributed by atoms with E-state index >= 15 is 0 Å². The molecule has 0 amide bonds. The molecule has 2 nitrogen and oxygen atoms in total. The summed E-state index contributed by atoms with van der Waals surface area (Å²) in [6, 6.07) is 0. The fourth-order valence-electron chi connectivity index (χ4n) is 2.07. The van der Waals surface area contributed by atoms with Crippen molar-refractivity contribution in [3.63, 3.8) is 0 Å². The second-order valence-electron chi connectivity index (χ2n) is 4.09. The molecule has 1 saturated heterocycles. The van der Waals surface area contributed by atoms with Crippen LogP contribution in [0, 0.1) is 5.92 Å². The number of aliphatic hydroxyl groups is 1. The van der Waals surface area contributed by atoms with Crippen molar-refractivity contribution in [2.75, 3.05) is 6.54 Å². The van der Waals surface area contributed by atoms with E-state index in [0.29, 0.717) is 11.7 Å². The molecule has 0 saturated carbocycles. The molecule has 1 atom stereocenters. The predicted octanol–water partition coefficient (Wildman–Crippen LogP) is 2.96. The standard InChI is InChI=1S/C12H17NO/c1-9-7-8-13(10(9)2)11-5-3-4-6-12(11)14/h5-6,9,14H,2-4,7-8H2,1H3. The van der Waals surface area contributed by atoms with Crippen LogP contribution in [0.5, 0.6) is 0 Å². The first-order valence-electron chi connectivity index (χ1n) is 5.26. The summed E-state index contributed by atoms with van der Waals surface area (Å²) in [5, 5.41) is 9.74. The normalized spacial score (nSPS) is 27.6. The highest BCUT2D eigenvalue weighted by Crippen LogP contribution is 2.33. The number of nitrogens with zero attached hydrogens (tertiary/aromatic N) is 1. The molecule has 0 radical (unpaired) electrons. The molecule has 0 aromatic heterocycles. The van der Waals surface area contributed by atoms with Gasteiger partial charge in [-0.15, -0.1) is 0 Å². The maximum absolute atomic E-state index is 9.74. The molecule has 1 aliphatic heterocycles. The van der Waals surface area contributed by atoms with Gasteiger partial charge in [0, 0.05) is 12.2 Å². The van der Waals surface area contributed by atoms with Crippen LogP contribution in [0.4, 0.5) is 0 Å². The van der Waals surface area contributed by atoms with Gasteiger partial charge in [0.1, 0.15) is 5.76 Å². The van der Waals surface area contributed by atoms with E-state index in [2.05, 4.69) is 24.5 Å². The Morgan fingerprint density at radius 2 is 2.14 bits per heavy atom. The minimum Gasteiger partial charge on any atom is -0.506 e. The number of hydrogen-bond donors (Lipinski definition) is 1. The van der Waals surface area contributed by atoms with Gasteiger partial charge in [-0.1, -0.05) is 19.6 Å². The number of rotatable bonds is 1. The zero-order valence-electron chi connectivity index (χ0n) is 8.66. The highest BCUT2D eigenvalue weighted by atomic mass is 16.3. The zero-order valence-corrected chi connectivity index (χ0v) is 8.66. The van der Waals surface area contributed by atoms with Gasteiger partial charge >= 0.3 is 0 Å². The van der Waals surface area contributed by atoms with Crippen molar-refractivity contribution < 1.29 is 5.11 Å². The van der Waals surface area contributed by atoms with E-state index < -0.39 is 0 Å². The average Bonchev–Trinajstić information content (AvgIpc) is 2.49. The summed E-state index contributed by atoms with van der Waals surface area (Å²) in [6.07, 6.45) is 7.12. The lowest BCUT2D eigenvalue weighted by atomic mass is 10.1. The topological polar surface area (TPSA) is 23.5 Å². The fourth-order valence-corrected chi connectivity index (χ4v) is 2.07. The number of likely N-dealkylation sites (tertiary alicyclic amines) is 1. The quantitative estimate of drug-likeness (QED) is 0.688. The minimum atomic E-state index is 0.423. The molecule has 0 aromatic rings. The lowest BCUT2D eigenvalue weighted by Gasteiger charge is -2.25. The zero-order chi connectivity index (χ0) is 10.1. The van der Waals surface area contributed by atoms with E-state index in [1.807, 2.05) is 6.08 Å². The van der Waals surface area contributed by atoms with Crippen molar-refractivity contribution in [1.29, 1.82) is 0 Å². The van der Waals surface area contributed by atoms with Crippen molar-refractivity contribution in [3.05, 3.63) is 35.9 Å². The van der Waals surface area contributed by atoms with Crippen LogP contribution in [0.25, 0.3) is 0 Å². The summed E-state index contributed by atoms with van der Waals surface area (Å²) >= 11 is 0. The van der Waals surface area contributed by atoms with E-state index in [1.54, 1.807) is 0 Å². The Kier molecular flexibility index (Phi) is 2.36. The Morgan fingerprint density at radius 1 is 1.43 bits per heavy atom. The van der Waals surface area contributed by atoms with Gasteiger partial charge in [-0.05, 0) is 31.3 Å². The van der Waals surface area contributed by atoms with Gasteiger partial charge in [0.25, 0.3) is 0 Å². The summed E-state index contributed by atoms with van der Waals surface area (Å²) in [7, 11) is 0. The van der Waals surface area contributed by atoms with Crippen LogP contribution >= 0.6 is 0 Å². The molecule has 0 aromatic carbocycles. The molecule has 1 heterocycles. The van der Waals surface area contributed by atoms with Crippen LogP contribution in [-0.4, -0.2) is 16.6 Å². The summed E-state index contributed by atoms with van der Waals surface area (Å²) in [5.41, 5.74) is 2.10. The lowest BCUT2D eigenvalue weighted by molar-refractivity contribution is 0.362. The largest absolute Gasteiger partial charge is 0.506 e. The molecule has 76 valence electrons. The summed E-state index contributed by atoms with van der Waals surface area (Å²) in [5.74, 6) is 0.970. The Morgan fingerprint density at radius 3 is 2.71 bits per heavy atom. The van der Waals surface area contributed by atoms with Gasteiger partial charge in [-0.3, -0.25) is 0 Å². The Labute approximate surface area is 85.2 Å². The Bertz CT molecular complexity index is 314. The van der Waals surface area contributed by atoms with Crippen LogP contribution < -0.4 is 0 Å². The van der Waals surface area contributed by atoms with Crippen LogP contribution in [0.15, 0.2) is 35.9 Å². The van der Waals surface area contributed by atoms with Crippen LogP contribution in [-0.2, 0) is 0 Å². The molecule has 1 unspecified atom stereocenters. The SMILES string of the molecule is C=C1C(C)CCN1C1=CCCC=C1O. The monoisotopic (exact) mass is 191 g/mol. The second kappa shape index (κ2) is 3.52. The van der Waals surface area contributed by atoms with Crippen LogP contribution in [0.2, 0.25) is 0 Å². The third-order valence-corrected chi connectivity index (χ3v) is 3.10. The maximum Gasteiger partial charge on any atom is 0.134 e. The molecule has 0 bridgehead atoms. The van der Waals surface area contributed by atoms with Gasteiger partial charge in [0.15, 0.2) is 0 Å². The molecule has 2 heteroatoms. The molecule has 14 heavy (non-hydrogen) atoms. The van der Waals surface area contributed by atoms with Gasteiger partial charge in [-0.25, -0.2) is 0 Å². The maximum atomic E-state index is 9.74. The molecule has 2 rings (SSSR count). The smallest absolute Gasteiger partial charge is 0.134 e. The molecular weight excluding hydrogens is 174 g/mol. The molecule has 1 N–H and O–H groups in total. The van der Waals surface area contributed by atoms with E-state index in [4.69, 9.17) is 0 Å². The van der Waals surface area contributed by atoms with Gasteiger partial charge in [-0.2, -0.15) is 0 Å². The molecule has 0 spiro atoms. The number of aliphatic hydroxyl groups excluding tert-OH is 1. The highest BCUT2D eigenvalue weighted by molar-refractivity contribution is 5.31. The first-order chi connectivity index (χ1) is 6.70. The lowest BCUT2D eigenvalue weighted by Crippen LogP contribution is -2.20. The Balaban J connectivity index is 2.20. The molecule has 1 fully saturated rings. The van der Waals surface area contributed by atoms with Crippen LogP contribution in [0.1, 0.15) is 26.2 Å². The van der Waals surface area contributed by atoms with Gasteiger partial charge in [0.2, 0.25) is 0 Å². The van der Waals surface area contributed by atoms with Crippen molar-refractivity contribution in [2.45, 2.75) is 26.2 Å². The second-order valence-corrected chi connectivity index (χ2v) is 4.09. The predicted molar refractivity (Wildman–Crippen MR) is 57.7 cm³/mol.